The second-order valence-corrected chi connectivity index (χ2v) is 16.3. The summed E-state index contributed by atoms with van der Waals surface area (Å²) in [6.45, 7) is -9.53. The molecule has 8 nitrogen and oxygen atoms in total. The summed E-state index contributed by atoms with van der Waals surface area (Å²) >= 11 is 0. The quantitative estimate of drug-likeness (QED) is 0.107. The molecule has 2 unspecified atom stereocenters. The number of carbonyl (C=O) groups is 2. The SMILES string of the molecule is O=C(OCC(O)CCOCCOCC(O)COC(=O)C12C(F)(F)C3(F)C(F)(F)C(F)(C(F)(F)C(F)(C3(F)F)C1(F)F)C2(F)F)C12C(F)(F)C3(F)C(F)(F)C(F)(C(F)(F)C(F)(C3(F)F)C1(F)F)C2(F)F. The molecule has 0 aromatic rings. The molecule has 0 aromatic carbocycles. The minimum absolute atomic E-state index is 1.01. The van der Waals surface area contributed by atoms with Gasteiger partial charge in [0.05, 0.1) is 25.9 Å². The van der Waals surface area contributed by atoms with E-state index < -0.39 is 186 Å². The number of rotatable bonds is 14. The van der Waals surface area contributed by atoms with Crippen LogP contribution in [-0.2, 0) is 28.5 Å². The standard InChI is InChI=1S/C31H18F30O8/c32-14-20(38,39)12(21(40,41)15(33,26(14,50)51)28(54,55)16(34,22(12,42)43)27(14,52)53)10(64)68-6-8(62)1-2-66-3-4-67-5-9(63)7-69-11(65)13-23(44,45)17(35)29(56,57)18(36,24(13,46)47)31(60,61)19(37,25(13,48)49)30(17,58)59/h8-9,62-63H,1-7H2. The molecule has 0 aromatic heterocycles. The maximum atomic E-state index is 15.2. The van der Waals surface area contributed by atoms with E-state index in [2.05, 4.69) is 18.9 Å². The Morgan fingerprint density at radius 1 is 0.304 bits per heavy atom. The molecule has 400 valence electrons. The Labute approximate surface area is 357 Å². The lowest BCUT2D eigenvalue weighted by Crippen LogP contribution is -3.08. The summed E-state index contributed by atoms with van der Waals surface area (Å²) in [4.78, 5) is 25.0. The number of hydrogen-bond acceptors (Lipinski definition) is 8. The summed E-state index contributed by atoms with van der Waals surface area (Å²) in [6, 6.07) is 0. The third-order valence-corrected chi connectivity index (χ3v) is 13.3. The highest BCUT2D eigenvalue weighted by Crippen LogP contribution is 2.93. The molecule has 8 fully saturated rings. The smallest absolute Gasteiger partial charge is 0.339 e. The highest BCUT2D eigenvalue weighted by atomic mass is 19.4. The third-order valence-electron chi connectivity index (χ3n) is 13.3. The maximum Gasteiger partial charge on any atom is 0.339 e. The molecule has 0 heterocycles. The van der Waals surface area contributed by atoms with Crippen LogP contribution in [-0.4, -0.2) is 179 Å². The maximum absolute atomic E-state index is 15.2. The number of ether oxygens (including phenoxy) is 4. The van der Waals surface area contributed by atoms with Crippen molar-refractivity contribution in [2.24, 2.45) is 10.8 Å². The van der Waals surface area contributed by atoms with Crippen LogP contribution >= 0.6 is 0 Å². The molecule has 38 heteroatoms. The van der Waals surface area contributed by atoms with Gasteiger partial charge in [0.2, 0.25) is 0 Å². The zero-order valence-electron chi connectivity index (χ0n) is 31.8. The lowest BCUT2D eigenvalue weighted by atomic mass is 9.36. The Balaban J connectivity index is 1.06. The van der Waals surface area contributed by atoms with E-state index in [1.165, 1.54) is 0 Å². The second kappa shape index (κ2) is 13.4. The zero-order valence-corrected chi connectivity index (χ0v) is 31.8. The van der Waals surface area contributed by atoms with E-state index in [0.29, 0.717) is 0 Å². The van der Waals surface area contributed by atoms with Crippen molar-refractivity contribution in [1.29, 1.82) is 0 Å². The molecule has 69 heavy (non-hydrogen) atoms. The molecule has 0 amide bonds. The fourth-order valence-corrected chi connectivity index (χ4v) is 9.83. The fourth-order valence-electron chi connectivity index (χ4n) is 9.83. The lowest BCUT2D eigenvalue weighted by molar-refractivity contribution is -0.605. The van der Waals surface area contributed by atoms with Gasteiger partial charge >= 0.3 is 117 Å². The predicted molar refractivity (Wildman–Crippen MR) is 147 cm³/mol. The van der Waals surface area contributed by atoms with E-state index in [1.54, 1.807) is 0 Å². The Morgan fingerprint density at radius 3 is 0.768 bits per heavy atom. The molecule has 0 aliphatic heterocycles. The van der Waals surface area contributed by atoms with Gasteiger partial charge in [0, 0.05) is 6.61 Å². The van der Waals surface area contributed by atoms with Crippen LogP contribution in [0.1, 0.15) is 6.42 Å². The molecule has 0 radical (unpaired) electrons. The summed E-state index contributed by atoms with van der Waals surface area (Å²) in [5, 5.41) is 19.6. The van der Waals surface area contributed by atoms with Gasteiger partial charge in [-0.15, -0.1) is 0 Å². The number of halogens is 30. The van der Waals surface area contributed by atoms with Crippen LogP contribution < -0.4 is 0 Å². The first-order valence-corrected chi connectivity index (χ1v) is 17.9. The van der Waals surface area contributed by atoms with Crippen molar-refractivity contribution in [2.45, 2.75) is 124 Å². The topological polar surface area (TPSA) is 112 Å². The van der Waals surface area contributed by atoms with Gasteiger partial charge in [-0.2, -0.15) is 52.7 Å². The molecule has 8 bridgehead atoms. The predicted octanol–water partition coefficient (Wildman–Crippen LogP) is 7.15. The van der Waals surface area contributed by atoms with Crippen molar-refractivity contribution in [3.05, 3.63) is 0 Å². The summed E-state index contributed by atoms with van der Waals surface area (Å²) in [5.74, 6) is -107. The zero-order chi connectivity index (χ0) is 54.1. The van der Waals surface area contributed by atoms with Crippen molar-refractivity contribution in [3.8, 4) is 0 Å². The normalized spacial score (nSPS) is 44.3. The van der Waals surface area contributed by atoms with Crippen LogP contribution in [0.5, 0.6) is 0 Å². The van der Waals surface area contributed by atoms with Gasteiger partial charge < -0.3 is 29.2 Å². The molecule has 8 saturated carbocycles. The monoisotopic (exact) mass is 1090 g/mol. The van der Waals surface area contributed by atoms with E-state index in [-0.39, 0.29) is 0 Å². The van der Waals surface area contributed by atoms with Crippen molar-refractivity contribution in [3.63, 3.8) is 0 Å². The third kappa shape index (κ3) is 4.24. The first-order valence-electron chi connectivity index (χ1n) is 17.9. The van der Waals surface area contributed by atoms with Crippen LogP contribution in [0.25, 0.3) is 0 Å². The van der Waals surface area contributed by atoms with E-state index in [9.17, 15) is 72.5 Å². The molecule has 8 rings (SSSR count). The largest absolute Gasteiger partial charge is 0.462 e. The highest BCUT2D eigenvalue weighted by Gasteiger charge is 3.26. The number of esters is 2. The van der Waals surface area contributed by atoms with Crippen molar-refractivity contribution in [1.82, 2.24) is 0 Å². The van der Waals surface area contributed by atoms with Crippen LogP contribution in [0.3, 0.4) is 0 Å². The Bertz CT molecular complexity index is 1810. The van der Waals surface area contributed by atoms with Crippen LogP contribution in [0.4, 0.5) is 132 Å². The van der Waals surface area contributed by atoms with Gasteiger partial charge in [-0.25, -0.2) is 79.0 Å². The number of alkyl halides is 30. The highest BCUT2D eigenvalue weighted by molar-refractivity contribution is 5.87. The van der Waals surface area contributed by atoms with Gasteiger partial charge in [0.25, 0.3) is 10.8 Å². The number of aliphatic hydroxyl groups excluding tert-OH is 2. The minimum Gasteiger partial charge on any atom is -0.462 e. The van der Waals surface area contributed by atoms with Gasteiger partial charge in [-0.05, 0) is 6.42 Å². The van der Waals surface area contributed by atoms with E-state index in [4.69, 9.17) is 0 Å². The molecule has 0 spiro atoms. The molecule has 8 aliphatic rings. The molecule has 0 saturated heterocycles. The second-order valence-electron chi connectivity index (χ2n) is 16.3. The van der Waals surface area contributed by atoms with E-state index >= 15 is 79.0 Å². The van der Waals surface area contributed by atoms with Crippen LogP contribution in [0.15, 0.2) is 0 Å². The van der Waals surface area contributed by atoms with Gasteiger partial charge in [0.15, 0.2) is 0 Å². The fraction of sp³-hybridized carbons (Fsp3) is 0.935. The molecule has 8 aliphatic carbocycles. The van der Waals surface area contributed by atoms with Crippen molar-refractivity contribution < 1.29 is 170 Å². The van der Waals surface area contributed by atoms with E-state index in [0.717, 1.165) is 0 Å². The first kappa shape index (κ1) is 55.0. The summed E-state index contributed by atoms with van der Waals surface area (Å²) < 4.78 is 465. The average Bonchev–Trinajstić information content (AvgIpc) is 3.18. The first-order chi connectivity index (χ1) is 30.3. The van der Waals surface area contributed by atoms with Crippen LogP contribution in [0.2, 0.25) is 0 Å². The minimum atomic E-state index is -8.23. The number of aliphatic hydroxyl groups is 2. The summed E-state index contributed by atoms with van der Waals surface area (Å²) in [5.41, 5.74) is -64.2. The van der Waals surface area contributed by atoms with Gasteiger partial charge in [-0.1, -0.05) is 0 Å². The van der Waals surface area contributed by atoms with Crippen molar-refractivity contribution >= 4 is 11.9 Å². The lowest BCUT2D eigenvalue weighted by Gasteiger charge is -2.74. The molecule has 2 N–H and O–H groups in total. The van der Waals surface area contributed by atoms with E-state index in [1.807, 2.05) is 0 Å². The molecular formula is C31H18F30O8. The van der Waals surface area contributed by atoms with Gasteiger partial charge in [0.1, 0.15) is 19.3 Å². The summed E-state index contributed by atoms with van der Waals surface area (Å²) in [6.07, 6.45) is -6.79. The number of carbonyl (C=O) groups excluding carboxylic acids is 2. The summed E-state index contributed by atoms with van der Waals surface area (Å²) in [7, 11) is 0. The Kier molecular flexibility index (Phi) is 10.7. The molecular weight excluding hydrogens is 1070 g/mol. The number of hydrogen-bond donors (Lipinski definition) is 2. The Hall–Kier alpha value is -3.32. The van der Waals surface area contributed by atoms with Crippen LogP contribution in [0, 0.1) is 10.8 Å². The van der Waals surface area contributed by atoms with Gasteiger partial charge in [-0.3, -0.25) is 9.59 Å². The Morgan fingerprint density at radius 2 is 0.522 bits per heavy atom. The molecule has 2 atom stereocenters. The van der Waals surface area contributed by atoms with Crippen molar-refractivity contribution in [2.75, 3.05) is 39.6 Å². The average molecular weight is 1090 g/mol.